The van der Waals surface area contributed by atoms with Gasteiger partial charge in [-0.25, -0.2) is 0 Å². The van der Waals surface area contributed by atoms with E-state index in [1.54, 1.807) is 13.1 Å². The quantitative estimate of drug-likeness (QED) is 0.774. The molecule has 0 spiro atoms. The molecule has 0 bridgehead atoms. The van der Waals surface area contributed by atoms with Gasteiger partial charge in [0.15, 0.2) is 11.5 Å². The molecular weight excluding hydrogens is 258 g/mol. The van der Waals surface area contributed by atoms with Gasteiger partial charge < -0.3 is 20.7 Å². The number of anilines is 1. The third-order valence-electron chi connectivity index (χ3n) is 3.35. The van der Waals surface area contributed by atoms with Crippen LogP contribution in [-0.2, 0) is 4.74 Å². The predicted octanol–water partition coefficient (Wildman–Crippen LogP) is -0.220. The molecule has 110 valence electrons. The molecular formula is C13H21N5O2. The average molecular weight is 279 g/mol. The van der Waals surface area contributed by atoms with E-state index in [1.807, 2.05) is 6.07 Å². The normalized spacial score (nSPS) is 16.2. The lowest BCUT2D eigenvalue weighted by atomic mass is 10.1. The molecule has 20 heavy (non-hydrogen) atoms. The Morgan fingerprint density at radius 1 is 1.45 bits per heavy atom. The number of hydrogen-bond acceptors (Lipinski definition) is 6. The highest BCUT2D eigenvalue weighted by molar-refractivity contribution is 5.91. The standard InChI is InChI=1S/C13H21N5O2/c1-15-13(19)11-2-3-12(17-16-11)18-7-4-10(5-8-18)20-9-6-14/h2-3,10H,4-9,14H2,1H3,(H,15,19). The molecule has 2 heterocycles. The van der Waals surface area contributed by atoms with E-state index >= 15 is 0 Å². The molecule has 1 aromatic heterocycles. The maximum absolute atomic E-state index is 11.4. The van der Waals surface area contributed by atoms with Crippen molar-refractivity contribution in [2.24, 2.45) is 5.73 Å². The van der Waals surface area contributed by atoms with Gasteiger partial charge in [0, 0.05) is 26.7 Å². The molecule has 1 amide bonds. The third kappa shape index (κ3) is 3.64. The molecule has 0 aliphatic carbocycles. The molecule has 0 aromatic carbocycles. The maximum atomic E-state index is 11.4. The summed E-state index contributed by atoms with van der Waals surface area (Å²) < 4.78 is 5.64. The molecule has 1 aliphatic rings. The van der Waals surface area contributed by atoms with E-state index in [-0.39, 0.29) is 12.0 Å². The van der Waals surface area contributed by atoms with Crippen molar-refractivity contribution in [2.75, 3.05) is 38.2 Å². The van der Waals surface area contributed by atoms with E-state index in [1.165, 1.54) is 0 Å². The van der Waals surface area contributed by atoms with Crippen LogP contribution in [0.1, 0.15) is 23.3 Å². The van der Waals surface area contributed by atoms with Gasteiger partial charge in [-0.05, 0) is 25.0 Å². The number of carbonyl (C=O) groups excluding carboxylic acids is 1. The number of piperidine rings is 1. The number of rotatable bonds is 5. The largest absolute Gasteiger partial charge is 0.377 e. The minimum atomic E-state index is -0.224. The van der Waals surface area contributed by atoms with Gasteiger partial charge >= 0.3 is 0 Å². The third-order valence-corrected chi connectivity index (χ3v) is 3.35. The van der Waals surface area contributed by atoms with Gasteiger partial charge in [-0.3, -0.25) is 4.79 Å². The first-order valence-corrected chi connectivity index (χ1v) is 6.87. The van der Waals surface area contributed by atoms with Crippen molar-refractivity contribution < 1.29 is 9.53 Å². The topological polar surface area (TPSA) is 93.4 Å². The Morgan fingerprint density at radius 3 is 2.75 bits per heavy atom. The first kappa shape index (κ1) is 14.7. The van der Waals surface area contributed by atoms with Crippen LogP contribution in [0.3, 0.4) is 0 Å². The fraction of sp³-hybridized carbons (Fsp3) is 0.615. The molecule has 7 heteroatoms. The van der Waals surface area contributed by atoms with Crippen molar-refractivity contribution in [3.8, 4) is 0 Å². The lowest BCUT2D eigenvalue weighted by Gasteiger charge is -2.32. The first-order valence-electron chi connectivity index (χ1n) is 6.87. The molecule has 0 atom stereocenters. The molecule has 0 unspecified atom stereocenters. The summed E-state index contributed by atoms with van der Waals surface area (Å²) in [6.45, 7) is 2.93. The number of aromatic nitrogens is 2. The summed E-state index contributed by atoms with van der Waals surface area (Å²) in [6, 6.07) is 3.52. The van der Waals surface area contributed by atoms with Crippen molar-refractivity contribution in [1.82, 2.24) is 15.5 Å². The minimum Gasteiger partial charge on any atom is -0.377 e. The smallest absolute Gasteiger partial charge is 0.271 e. The van der Waals surface area contributed by atoms with Gasteiger partial charge in [0.1, 0.15) is 0 Å². The Balaban J connectivity index is 1.89. The highest BCUT2D eigenvalue weighted by atomic mass is 16.5. The predicted molar refractivity (Wildman–Crippen MR) is 75.7 cm³/mol. The second-order valence-corrected chi connectivity index (χ2v) is 4.70. The van der Waals surface area contributed by atoms with Crippen LogP contribution >= 0.6 is 0 Å². The van der Waals surface area contributed by atoms with Crippen LogP contribution in [-0.4, -0.2) is 55.5 Å². The molecule has 1 fully saturated rings. The highest BCUT2D eigenvalue weighted by Crippen LogP contribution is 2.19. The van der Waals surface area contributed by atoms with Gasteiger partial charge in [-0.15, -0.1) is 10.2 Å². The lowest BCUT2D eigenvalue weighted by Crippen LogP contribution is -2.38. The molecule has 0 radical (unpaired) electrons. The molecule has 7 nitrogen and oxygen atoms in total. The molecule has 3 N–H and O–H groups in total. The number of carbonyl (C=O) groups is 1. The van der Waals surface area contributed by atoms with E-state index in [2.05, 4.69) is 20.4 Å². The number of nitrogens with two attached hydrogens (primary N) is 1. The summed E-state index contributed by atoms with van der Waals surface area (Å²) in [5.41, 5.74) is 5.76. The maximum Gasteiger partial charge on any atom is 0.271 e. The van der Waals surface area contributed by atoms with Crippen LogP contribution in [0.5, 0.6) is 0 Å². The number of amides is 1. The molecule has 1 aromatic rings. The minimum absolute atomic E-state index is 0.224. The molecule has 1 aliphatic heterocycles. The van der Waals surface area contributed by atoms with Gasteiger partial charge in [0.05, 0.1) is 12.7 Å². The van der Waals surface area contributed by atoms with Crippen LogP contribution in [0.25, 0.3) is 0 Å². The van der Waals surface area contributed by atoms with Crippen molar-refractivity contribution >= 4 is 11.7 Å². The lowest BCUT2D eigenvalue weighted by molar-refractivity contribution is 0.0421. The summed E-state index contributed by atoms with van der Waals surface area (Å²) >= 11 is 0. The van der Waals surface area contributed by atoms with Crippen molar-refractivity contribution in [2.45, 2.75) is 18.9 Å². The number of nitrogens with one attached hydrogen (secondary N) is 1. The van der Waals surface area contributed by atoms with E-state index in [4.69, 9.17) is 10.5 Å². The molecule has 1 saturated heterocycles. The summed E-state index contributed by atoms with van der Waals surface area (Å²) in [6.07, 6.45) is 2.20. The van der Waals surface area contributed by atoms with Crippen LogP contribution in [0.15, 0.2) is 12.1 Å². The molecule has 2 rings (SSSR count). The Labute approximate surface area is 118 Å². The Morgan fingerprint density at radius 2 is 2.20 bits per heavy atom. The number of nitrogens with zero attached hydrogens (tertiary/aromatic N) is 3. The number of ether oxygens (including phenoxy) is 1. The van der Waals surface area contributed by atoms with E-state index in [0.29, 0.717) is 18.8 Å². The fourth-order valence-corrected chi connectivity index (χ4v) is 2.23. The second-order valence-electron chi connectivity index (χ2n) is 4.70. The second kappa shape index (κ2) is 7.16. The summed E-state index contributed by atoms with van der Waals surface area (Å²) in [7, 11) is 1.57. The van der Waals surface area contributed by atoms with Crippen LogP contribution < -0.4 is 16.0 Å². The Bertz CT molecular complexity index is 429. The fourth-order valence-electron chi connectivity index (χ4n) is 2.23. The highest BCUT2D eigenvalue weighted by Gasteiger charge is 2.20. The summed E-state index contributed by atoms with van der Waals surface area (Å²) in [5.74, 6) is 0.577. The first-order chi connectivity index (χ1) is 9.74. The summed E-state index contributed by atoms with van der Waals surface area (Å²) in [5, 5.41) is 10.6. The van der Waals surface area contributed by atoms with Crippen molar-refractivity contribution in [1.29, 1.82) is 0 Å². The van der Waals surface area contributed by atoms with Gasteiger partial charge in [-0.2, -0.15) is 0 Å². The van der Waals surface area contributed by atoms with E-state index in [9.17, 15) is 4.79 Å². The zero-order valence-corrected chi connectivity index (χ0v) is 11.7. The van der Waals surface area contributed by atoms with Gasteiger partial charge in [0.25, 0.3) is 5.91 Å². The van der Waals surface area contributed by atoms with E-state index in [0.717, 1.165) is 31.7 Å². The Hall–Kier alpha value is -1.73. The number of hydrogen-bond donors (Lipinski definition) is 2. The zero-order valence-electron chi connectivity index (χ0n) is 11.7. The SMILES string of the molecule is CNC(=O)c1ccc(N2CCC(OCCN)CC2)nn1. The van der Waals surface area contributed by atoms with Crippen molar-refractivity contribution in [3.63, 3.8) is 0 Å². The van der Waals surface area contributed by atoms with Crippen LogP contribution in [0.2, 0.25) is 0 Å². The summed E-state index contributed by atoms with van der Waals surface area (Å²) in [4.78, 5) is 13.5. The van der Waals surface area contributed by atoms with E-state index < -0.39 is 0 Å². The van der Waals surface area contributed by atoms with Crippen LogP contribution in [0.4, 0.5) is 5.82 Å². The zero-order chi connectivity index (χ0) is 14.4. The van der Waals surface area contributed by atoms with Gasteiger partial charge in [0.2, 0.25) is 0 Å². The van der Waals surface area contributed by atoms with Crippen molar-refractivity contribution in [3.05, 3.63) is 17.8 Å². The monoisotopic (exact) mass is 279 g/mol. The average Bonchev–Trinajstić information content (AvgIpc) is 2.53. The van der Waals surface area contributed by atoms with Gasteiger partial charge in [-0.1, -0.05) is 0 Å². The Kier molecular flexibility index (Phi) is 5.25. The van der Waals surface area contributed by atoms with Crippen LogP contribution in [0, 0.1) is 0 Å². The molecule has 0 saturated carbocycles.